The molecule has 0 radical (unpaired) electrons. The Morgan fingerprint density at radius 2 is 1.97 bits per heavy atom. The van der Waals surface area contributed by atoms with E-state index in [2.05, 4.69) is 11.1 Å². The van der Waals surface area contributed by atoms with Crippen molar-refractivity contribution in [3.05, 3.63) is 71.9 Å². The van der Waals surface area contributed by atoms with Crippen LogP contribution in [0.2, 0.25) is 0 Å². The number of pyridine rings is 1. The summed E-state index contributed by atoms with van der Waals surface area (Å²) in [4.78, 5) is 21.0. The lowest BCUT2D eigenvalue weighted by molar-refractivity contribution is 0.0508. The van der Waals surface area contributed by atoms with Crippen LogP contribution in [0.4, 0.5) is 0 Å². The van der Waals surface area contributed by atoms with E-state index in [4.69, 9.17) is 5.41 Å². The molecule has 2 heterocycles. The SMILES string of the molecule is CC1CN(C(=O)c2ccccc2)CCN1C(C#N)C(=N)c1ccc2cc(O)ccc2n1. The zero-order valence-corrected chi connectivity index (χ0v) is 17.2. The molecule has 2 atom stereocenters. The van der Waals surface area contributed by atoms with Crippen molar-refractivity contribution >= 4 is 22.5 Å². The van der Waals surface area contributed by atoms with Crippen molar-refractivity contribution in [2.75, 3.05) is 19.6 Å². The maximum atomic E-state index is 12.8. The minimum atomic E-state index is -0.758. The molecule has 1 amide bonds. The van der Waals surface area contributed by atoms with Crippen LogP contribution < -0.4 is 0 Å². The number of fused-ring (bicyclic) bond motifs is 1. The Balaban J connectivity index is 1.50. The van der Waals surface area contributed by atoms with E-state index in [-0.39, 0.29) is 23.4 Å². The van der Waals surface area contributed by atoms with Crippen LogP contribution in [-0.4, -0.2) is 63.2 Å². The van der Waals surface area contributed by atoms with Crippen LogP contribution in [0.25, 0.3) is 10.9 Å². The highest BCUT2D eigenvalue weighted by Crippen LogP contribution is 2.21. The molecular weight excluding hydrogens is 390 g/mol. The first-order valence-corrected chi connectivity index (χ1v) is 10.2. The van der Waals surface area contributed by atoms with Gasteiger partial charge >= 0.3 is 0 Å². The number of hydrogen-bond acceptors (Lipinski definition) is 6. The second kappa shape index (κ2) is 8.54. The molecule has 0 saturated carbocycles. The molecule has 1 aromatic heterocycles. The van der Waals surface area contributed by atoms with Gasteiger partial charge in [0.15, 0.2) is 0 Å². The summed E-state index contributed by atoms with van der Waals surface area (Å²) in [7, 11) is 0. The number of phenolic OH excluding ortho intramolecular Hbond substituents is 1. The number of carbonyl (C=O) groups is 1. The van der Waals surface area contributed by atoms with E-state index < -0.39 is 6.04 Å². The number of hydrogen-bond donors (Lipinski definition) is 2. The number of carbonyl (C=O) groups excluding carboxylic acids is 1. The van der Waals surface area contributed by atoms with Crippen LogP contribution in [0.5, 0.6) is 5.75 Å². The standard InChI is InChI=1S/C24H23N5O2/c1-16-15-28(24(31)17-5-3-2-4-6-17)11-12-29(16)22(14-25)23(26)21-9-7-18-13-19(30)8-10-20(18)27-21/h2-10,13,16,22,26,30H,11-12,15H2,1H3. The molecule has 1 fully saturated rings. The van der Waals surface area contributed by atoms with Gasteiger partial charge in [-0.3, -0.25) is 9.69 Å². The number of aromatic nitrogens is 1. The smallest absolute Gasteiger partial charge is 0.253 e. The van der Waals surface area contributed by atoms with Crippen LogP contribution in [0, 0.1) is 16.7 Å². The van der Waals surface area contributed by atoms with Crippen LogP contribution in [-0.2, 0) is 0 Å². The zero-order valence-electron chi connectivity index (χ0n) is 17.2. The van der Waals surface area contributed by atoms with E-state index in [0.717, 1.165) is 5.39 Å². The fraction of sp³-hybridized carbons (Fsp3) is 0.250. The van der Waals surface area contributed by atoms with E-state index in [0.29, 0.717) is 36.4 Å². The number of piperazine rings is 1. The topological polar surface area (TPSA) is 104 Å². The molecule has 0 aliphatic carbocycles. The molecule has 1 saturated heterocycles. The van der Waals surface area contributed by atoms with Crippen LogP contribution in [0.15, 0.2) is 60.7 Å². The van der Waals surface area contributed by atoms with Gasteiger partial charge in [-0.25, -0.2) is 4.98 Å². The Labute approximate surface area is 180 Å². The average Bonchev–Trinajstić information content (AvgIpc) is 2.80. The number of phenols is 1. The van der Waals surface area contributed by atoms with Crippen molar-refractivity contribution in [1.82, 2.24) is 14.8 Å². The largest absolute Gasteiger partial charge is 0.508 e. The summed E-state index contributed by atoms with van der Waals surface area (Å²) in [6.45, 7) is 3.46. The summed E-state index contributed by atoms with van der Waals surface area (Å²) in [5, 5.41) is 28.9. The summed E-state index contributed by atoms with van der Waals surface area (Å²) in [5.41, 5.74) is 1.87. The van der Waals surface area contributed by atoms with Crippen molar-refractivity contribution in [3.63, 3.8) is 0 Å². The monoisotopic (exact) mass is 413 g/mol. The normalized spacial score (nSPS) is 17.8. The zero-order chi connectivity index (χ0) is 22.0. The van der Waals surface area contributed by atoms with Crippen molar-refractivity contribution in [1.29, 1.82) is 10.7 Å². The molecule has 31 heavy (non-hydrogen) atoms. The van der Waals surface area contributed by atoms with Gasteiger partial charge in [-0.2, -0.15) is 5.26 Å². The average molecular weight is 413 g/mol. The lowest BCUT2D eigenvalue weighted by atomic mass is 10.0. The minimum absolute atomic E-state index is 0.0184. The first-order chi connectivity index (χ1) is 15.0. The molecule has 0 spiro atoms. The molecule has 1 aliphatic rings. The molecule has 2 N–H and O–H groups in total. The molecule has 0 bridgehead atoms. The lowest BCUT2D eigenvalue weighted by Crippen LogP contribution is -2.58. The quantitative estimate of drug-likeness (QED) is 0.640. The first-order valence-electron chi connectivity index (χ1n) is 10.2. The summed E-state index contributed by atoms with van der Waals surface area (Å²) in [6.07, 6.45) is 0. The van der Waals surface area contributed by atoms with E-state index in [1.807, 2.05) is 30.0 Å². The molecule has 2 aromatic carbocycles. The lowest BCUT2D eigenvalue weighted by Gasteiger charge is -2.41. The van der Waals surface area contributed by atoms with E-state index in [1.165, 1.54) is 0 Å². The molecule has 7 nitrogen and oxygen atoms in total. The number of rotatable bonds is 4. The van der Waals surface area contributed by atoms with Gasteiger partial charge in [0.25, 0.3) is 5.91 Å². The fourth-order valence-electron chi connectivity index (χ4n) is 4.01. The van der Waals surface area contributed by atoms with Crippen LogP contribution in [0.1, 0.15) is 23.0 Å². The van der Waals surface area contributed by atoms with Gasteiger partial charge in [0.1, 0.15) is 11.8 Å². The van der Waals surface area contributed by atoms with Crippen LogP contribution in [0.3, 0.4) is 0 Å². The minimum Gasteiger partial charge on any atom is -0.508 e. The molecular formula is C24H23N5O2. The number of nitrogens with zero attached hydrogens (tertiary/aromatic N) is 4. The van der Waals surface area contributed by atoms with Gasteiger partial charge in [-0.15, -0.1) is 0 Å². The summed E-state index contributed by atoms with van der Waals surface area (Å²) >= 11 is 0. The molecule has 7 heteroatoms. The number of nitrogens with one attached hydrogen (secondary N) is 1. The Morgan fingerprint density at radius 3 is 2.68 bits per heavy atom. The third kappa shape index (κ3) is 4.11. The molecule has 3 aromatic rings. The highest BCUT2D eigenvalue weighted by atomic mass is 16.3. The fourth-order valence-corrected chi connectivity index (χ4v) is 4.01. The first kappa shape index (κ1) is 20.5. The van der Waals surface area contributed by atoms with Gasteiger partial charge < -0.3 is 15.4 Å². The Hall–Kier alpha value is -3.76. The highest BCUT2D eigenvalue weighted by Gasteiger charge is 2.34. The van der Waals surface area contributed by atoms with Gasteiger partial charge in [0.2, 0.25) is 0 Å². The van der Waals surface area contributed by atoms with Crippen molar-refractivity contribution in [2.45, 2.75) is 19.0 Å². The van der Waals surface area contributed by atoms with E-state index in [1.54, 1.807) is 47.4 Å². The summed E-state index contributed by atoms with van der Waals surface area (Å²) in [5.74, 6) is 0.138. The molecule has 2 unspecified atom stereocenters. The van der Waals surface area contributed by atoms with E-state index >= 15 is 0 Å². The van der Waals surface area contributed by atoms with Gasteiger partial charge in [0.05, 0.1) is 23.0 Å². The number of amides is 1. The van der Waals surface area contributed by atoms with Crippen molar-refractivity contribution in [2.24, 2.45) is 0 Å². The Morgan fingerprint density at radius 1 is 1.19 bits per heavy atom. The van der Waals surface area contributed by atoms with Crippen molar-refractivity contribution < 1.29 is 9.90 Å². The predicted octanol–water partition coefficient (Wildman–Crippen LogP) is 3.05. The third-order valence-corrected chi connectivity index (χ3v) is 5.66. The van der Waals surface area contributed by atoms with Crippen molar-refractivity contribution in [3.8, 4) is 11.8 Å². The number of aromatic hydroxyl groups is 1. The molecule has 4 rings (SSSR count). The second-order valence-electron chi connectivity index (χ2n) is 7.72. The maximum absolute atomic E-state index is 12.8. The number of benzene rings is 2. The highest BCUT2D eigenvalue weighted by molar-refractivity contribution is 6.03. The third-order valence-electron chi connectivity index (χ3n) is 5.66. The summed E-state index contributed by atoms with van der Waals surface area (Å²) in [6, 6.07) is 18.9. The number of nitriles is 1. The maximum Gasteiger partial charge on any atom is 0.253 e. The van der Waals surface area contributed by atoms with E-state index in [9.17, 15) is 15.2 Å². The van der Waals surface area contributed by atoms with Gasteiger partial charge in [-0.05, 0) is 43.3 Å². The molecule has 156 valence electrons. The van der Waals surface area contributed by atoms with Gasteiger partial charge in [-0.1, -0.05) is 24.3 Å². The summed E-state index contributed by atoms with van der Waals surface area (Å²) < 4.78 is 0. The second-order valence-corrected chi connectivity index (χ2v) is 7.72. The molecule has 1 aliphatic heterocycles. The predicted molar refractivity (Wildman–Crippen MR) is 118 cm³/mol. The van der Waals surface area contributed by atoms with Crippen LogP contribution >= 0.6 is 0 Å². The Bertz CT molecular complexity index is 1170. The Kier molecular flexibility index (Phi) is 5.65. The van der Waals surface area contributed by atoms with Gasteiger partial charge in [0, 0.05) is 36.6 Å².